The van der Waals surface area contributed by atoms with Crippen LogP contribution in [0.25, 0.3) is 0 Å². The molecule has 18 heavy (non-hydrogen) atoms. The quantitative estimate of drug-likeness (QED) is 0.813. The third-order valence-electron chi connectivity index (χ3n) is 4.68. The molecule has 0 amide bonds. The van der Waals surface area contributed by atoms with Crippen LogP contribution in [-0.4, -0.2) is 50.3 Å². The van der Waals surface area contributed by atoms with Gasteiger partial charge >= 0.3 is 0 Å². The number of nitrogens with zero attached hydrogens (tertiary/aromatic N) is 1. The van der Waals surface area contributed by atoms with Crippen LogP contribution >= 0.6 is 0 Å². The molecule has 2 saturated heterocycles. The van der Waals surface area contributed by atoms with Crippen LogP contribution in [0.3, 0.4) is 0 Å². The predicted molar refractivity (Wildman–Crippen MR) is 75.8 cm³/mol. The number of ether oxygens (including phenoxy) is 1. The average Bonchev–Trinajstić information content (AvgIpc) is 2.68. The van der Waals surface area contributed by atoms with Crippen molar-refractivity contribution in [1.29, 1.82) is 0 Å². The summed E-state index contributed by atoms with van der Waals surface area (Å²) in [4.78, 5) is 2.68. The van der Waals surface area contributed by atoms with E-state index in [0.29, 0.717) is 12.0 Å². The van der Waals surface area contributed by atoms with Crippen molar-refractivity contribution in [1.82, 2.24) is 10.2 Å². The van der Waals surface area contributed by atoms with Gasteiger partial charge in [-0.25, -0.2) is 0 Å². The number of nitrogens with one attached hydrogen (secondary N) is 1. The highest BCUT2D eigenvalue weighted by molar-refractivity contribution is 4.84. The second kappa shape index (κ2) is 7.46. The molecule has 3 atom stereocenters. The normalized spacial score (nSPS) is 34.7. The second-order valence-corrected chi connectivity index (χ2v) is 5.97. The van der Waals surface area contributed by atoms with E-state index in [0.717, 1.165) is 25.7 Å². The first-order chi connectivity index (χ1) is 8.83. The van der Waals surface area contributed by atoms with Gasteiger partial charge in [0.25, 0.3) is 0 Å². The molecule has 2 fully saturated rings. The number of hydrogen-bond donors (Lipinski definition) is 1. The Morgan fingerprint density at radius 1 is 1.17 bits per heavy atom. The maximum atomic E-state index is 5.65. The minimum atomic E-state index is 0.584. The van der Waals surface area contributed by atoms with E-state index in [1.165, 1.54) is 45.3 Å². The van der Waals surface area contributed by atoms with Gasteiger partial charge in [0.15, 0.2) is 0 Å². The van der Waals surface area contributed by atoms with Gasteiger partial charge < -0.3 is 15.0 Å². The highest BCUT2D eigenvalue weighted by Crippen LogP contribution is 2.22. The molecule has 3 nitrogen and oxygen atoms in total. The van der Waals surface area contributed by atoms with Gasteiger partial charge in [0.2, 0.25) is 0 Å². The third kappa shape index (κ3) is 3.94. The summed E-state index contributed by atoms with van der Waals surface area (Å²) in [5.41, 5.74) is 0. The lowest BCUT2D eigenvalue weighted by Crippen LogP contribution is -2.42. The first-order valence-corrected chi connectivity index (χ1v) is 7.87. The molecule has 0 aromatic heterocycles. The van der Waals surface area contributed by atoms with Gasteiger partial charge in [-0.05, 0) is 44.8 Å². The van der Waals surface area contributed by atoms with Crippen molar-refractivity contribution in [2.24, 2.45) is 11.8 Å². The summed E-state index contributed by atoms with van der Waals surface area (Å²) < 4.78 is 5.65. The van der Waals surface area contributed by atoms with Gasteiger partial charge in [-0.3, -0.25) is 0 Å². The maximum absolute atomic E-state index is 5.65. The molecule has 2 aliphatic rings. The van der Waals surface area contributed by atoms with Gasteiger partial charge in [-0.1, -0.05) is 20.3 Å². The lowest BCUT2D eigenvalue weighted by Gasteiger charge is -2.26. The molecule has 0 bridgehead atoms. The Labute approximate surface area is 112 Å². The Morgan fingerprint density at radius 2 is 2.06 bits per heavy atom. The van der Waals surface area contributed by atoms with Crippen LogP contribution in [0.2, 0.25) is 0 Å². The van der Waals surface area contributed by atoms with E-state index in [-0.39, 0.29) is 0 Å². The van der Waals surface area contributed by atoms with Crippen molar-refractivity contribution in [3.63, 3.8) is 0 Å². The minimum absolute atomic E-state index is 0.584. The molecule has 3 heteroatoms. The number of rotatable bonds is 5. The monoisotopic (exact) mass is 254 g/mol. The van der Waals surface area contributed by atoms with Crippen molar-refractivity contribution >= 4 is 0 Å². The first kappa shape index (κ1) is 14.3. The van der Waals surface area contributed by atoms with Gasteiger partial charge in [-0.15, -0.1) is 0 Å². The summed E-state index contributed by atoms with van der Waals surface area (Å²) in [6.45, 7) is 11.3. The first-order valence-electron chi connectivity index (χ1n) is 7.87. The van der Waals surface area contributed by atoms with Gasteiger partial charge in [-0.2, -0.15) is 0 Å². The van der Waals surface area contributed by atoms with Crippen LogP contribution in [-0.2, 0) is 4.74 Å². The summed E-state index contributed by atoms with van der Waals surface area (Å²) in [7, 11) is 0. The fourth-order valence-corrected chi connectivity index (χ4v) is 3.41. The summed E-state index contributed by atoms with van der Waals surface area (Å²) >= 11 is 0. The van der Waals surface area contributed by atoms with E-state index in [1.54, 1.807) is 0 Å². The van der Waals surface area contributed by atoms with E-state index in [4.69, 9.17) is 4.74 Å². The largest absolute Gasteiger partial charge is 0.379 e. The van der Waals surface area contributed by atoms with Crippen molar-refractivity contribution in [3.05, 3.63) is 0 Å². The van der Waals surface area contributed by atoms with Crippen LogP contribution in [0.4, 0.5) is 0 Å². The Balaban J connectivity index is 1.78. The Hall–Kier alpha value is -0.120. The standard InChI is InChI=1S/C15H30N2O/c1-3-13-6-5-8-17(9-7-13)10-14-11-18-12-15(14)16-4-2/h13-16H,3-12H2,1-2H3. The van der Waals surface area contributed by atoms with E-state index < -0.39 is 0 Å². The zero-order chi connectivity index (χ0) is 12.8. The highest BCUT2D eigenvalue weighted by atomic mass is 16.5. The predicted octanol–water partition coefficient (Wildman–Crippen LogP) is 2.12. The summed E-state index contributed by atoms with van der Waals surface area (Å²) in [5, 5.41) is 3.57. The molecule has 0 radical (unpaired) electrons. The smallest absolute Gasteiger partial charge is 0.0623 e. The van der Waals surface area contributed by atoms with Crippen LogP contribution < -0.4 is 5.32 Å². The van der Waals surface area contributed by atoms with Crippen LogP contribution in [0.1, 0.15) is 39.5 Å². The topological polar surface area (TPSA) is 24.5 Å². The molecule has 106 valence electrons. The fourth-order valence-electron chi connectivity index (χ4n) is 3.41. The van der Waals surface area contributed by atoms with Crippen molar-refractivity contribution in [2.75, 3.05) is 39.4 Å². The molecular formula is C15H30N2O. The van der Waals surface area contributed by atoms with Gasteiger partial charge in [0.05, 0.1) is 13.2 Å². The molecular weight excluding hydrogens is 224 g/mol. The summed E-state index contributed by atoms with van der Waals surface area (Å²) in [6.07, 6.45) is 5.58. The Bertz CT molecular complexity index is 235. The molecule has 0 aromatic carbocycles. The number of hydrogen-bond acceptors (Lipinski definition) is 3. The van der Waals surface area contributed by atoms with Crippen molar-refractivity contribution in [3.8, 4) is 0 Å². The zero-order valence-corrected chi connectivity index (χ0v) is 12.2. The van der Waals surface area contributed by atoms with E-state index in [2.05, 4.69) is 24.1 Å². The Morgan fingerprint density at radius 3 is 2.83 bits per heavy atom. The van der Waals surface area contributed by atoms with E-state index >= 15 is 0 Å². The molecule has 1 N–H and O–H groups in total. The maximum Gasteiger partial charge on any atom is 0.0623 e. The van der Waals surface area contributed by atoms with Crippen LogP contribution in [0.15, 0.2) is 0 Å². The number of likely N-dealkylation sites (N-methyl/N-ethyl adjacent to an activating group) is 1. The SMILES string of the molecule is CCNC1COCC1CN1CCCC(CC)CC1. The zero-order valence-electron chi connectivity index (χ0n) is 12.2. The van der Waals surface area contributed by atoms with Gasteiger partial charge in [0.1, 0.15) is 0 Å². The summed E-state index contributed by atoms with van der Waals surface area (Å²) in [5.74, 6) is 1.67. The second-order valence-electron chi connectivity index (χ2n) is 5.97. The molecule has 2 aliphatic heterocycles. The van der Waals surface area contributed by atoms with E-state index in [1.807, 2.05) is 0 Å². The van der Waals surface area contributed by atoms with Crippen molar-refractivity contribution < 1.29 is 4.74 Å². The molecule has 2 heterocycles. The van der Waals surface area contributed by atoms with Crippen LogP contribution in [0, 0.1) is 11.8 Å². The van der Waals surface area contributed by atoms with E-state index in [9.17, 15) is 0 Å². The molecule has 3 unspecified atom stereocenters. The molecule has 0 aliphatic carbocycles. The number of likely N-dealkylation sites (tertiary alicyclic amines) is 1. The summed E-state index contributed by atoms with van der Waals surface area (Å²) in [6, 6.07) is 0.584. The molecule has 0 saturated carbocycles. The molecule has 0 spiro atoms. The van der Waals surface area contributed by atoms with Crippen molar-refractivity contribution in [2.45, 2.75) is 45.6 Å². The Kier molecular flexibility index (Phi) is 5.93. The highest BCUT2D eigenvalue weighted by Gasteiger charge is 2.29. The average molecular weight is 254 g/mol. The fraction of sp³-hybridized carbons (Fsp3) is 1.00. The third-order valence-corrected chi connectivity index (χ3v) is 4.68. The molecule has 2 rings (SSSR count). The lowest BCUT2D eigenvalue weighted by molar-refractivity contribution is 0.167. The van der Waals surface area contributed by atoms with Gasteiger partial charge in [0, 0.05) is 18.5 Å². The lowest BCUT2D eigenvalue weighted by atomic mass is 9.98. The van der Waals surface area contributed by atoms with Crippen LogP contribution in [0.5, 0.6) is 0 Å². The molecule has 0 aromatic rings. The minimum Gasteiger partial charge on any atom is -0.379 e.